The van der Waals surface area contributed by atoms with Crippen molar-refractivity contribution in [3.8, 4) is 73.1 Å². The maximum absolute atomic E-state index is 11.4. The number of anilines is 6. The van der Waals surface area contributed by atoms with E-state index in [1.165, 1.54) is 21.5 Å². The molecular formula is C94H69BN6. The highest BCUT2D eigenvalue weighted by atomic mass is 15.2. The molecule has 6 nitrogen and oxygen atoms in total. The Hall–Kier alpha value is -12.7. The molecule has 14 aromatic carbocycles. The summed E-state index contributed by atoms with van der Waals surface area (Å²) in [6.45, 7) is 22.3. The number of para-hydroxylation sites is 5. The van der Waals surface area contributed by atoms with Crippen LogP contribution in [-0.4, -0.2) is 15.8 Å². The molecule has 0 radical (unpaired) electrons. The van der Waals surface area contributed by atoms with Crippen LogP contribution in [0.2, 0.25) is 0 Å². The van der Waals surface area contributed by atoms with Crippen LogP contribution in [0.15, 0.2) is 309 Å². The molecule has 478 valence electrons. The first-order valence-corrected chi connectivity index (χ1v) is 34.9. The van der Waals surface area contributed by atoms with Crippen molar-refractivity contribution < 1.29 is 0 Å². The second-order valence-corrected chi connectivity index (χ2v) is 29.0. The predicted octanol–water partition coefficient (Wildman–Crippen LogP) is 23.3. The summed E-state index contributed by atoms with van der Waals surface area (Å²) in [5.74, 6) is 0. The second-order valence-electron chi connectivity index (χ2n) is 29.0. The van der Waals surface area contributed by atoms with Gasteiger partial charge in [0.05, 0.1) is 51.6 Å². The van der Waals surface area contributed by atoms with Gasteiger partial charge in [-0.15, -0.1) is 0 Å². The molecule has 4 heterocycles. The maximum Gasteiger partial charge on any atom is 0.252 e. The third-order valence-corrected chi connectivity index (χ3v) is 21.0. The molecule has 0 saturated carbocycles. The van der Waals surface area contributed by atoms with E-state index >= 15 is 0 Å². The van der Waals surface area contributed by atoms with E-state index in [-0.39, 0.29) is 17.5 Å². The molecule has 101 heavy (non-hydrogen) atoms. The Balaban J connectivity index is 1.06. The zero-order chi connectivity index (χ0) is 68.4. The van der Waals surface area contributed by atoms with Crippen LogP contribution in [0.25, 0.3) is 115 Å². The molecule has 0 N–H and O–H groups in total. The largest absolute Gasteiger partial charge is 0.310 e. The number of fused-ring (bicyclic) bond motifs is 10. The number of nitrogens with zero attached hydrogens (tertiary/aromatic N) is 6. The van der Waals surface area contributed by atoms with Crippen LogP contribution < -0.4 is 26.2 Å². The average molecular weight is 1290 g/mol. The molecule has 0 spiro atoms. The molecule has 0 saturated heterocycles. The van der Waals surface area contributed by atoms with E-state index < -0.39 is 0 Å². The third-order valence-electron chi connectivity index (χ3n) is 21.0. The summed E-state index contributed by atoms with van der Waals surface area (Å²) in [6.07, 6.45) is 0. The summed E-state index contributed by atoms with van der Waals surface area (Å²) in [5, 5.41) is 16.2. The fourth-order valence-electron chi connectivity index (χ4n) is 16.2. The Labute approximate surface area is 590 Å². The van der Waals surface area contributed by atoms with E-state index in [4.69, 9.17) is 6.57 Å². The van der Waals surface area contributed by atoms with Gasteiger partial charge in [0, 0.05) is 77.9 Å². The number of nitriles is 1. The van der Waals surface area contributed by atoms with Gasteiger partial charge in [0.2, 0.25) is 0 Å². The van der Waals surface area contributed by atoms with E-state index in [1.54, 1.807) is 0 Å². The van der Waals surface area contributed by atoms with Crippen molar-refractivity contribution in [2.75, 3.05) is 9.80 Å². The number of hydrogen-bond donors (Lipinski definition) is 0. The monoisotopic (exact) mass is 1290 g/mol. The summed E-state index contributed by atoms with van der Waals surface area (Å²) in [5.41, 5.74) is 28.6. The van der Waals surface area contributed by atoms with Crippen molar-refractivity contribution in [1.29, 1.82) is 5.26 Å². The molecule has 7 heteroatoms. The van der Waals surface area contributed by atoms with Crippen LogP contribution in [0.5, 0.6) is 0 Å². The molecule has 0 aliphatic carbocycles. The van der Waals surface area contributed by atoms with Crippen molar-refractivity contribution >= 4 is 107 Å². The van der Waals surface area contributed by atoms with E-state index in [9.17, 15) is 5.26 Å². The molecule has 2 aliphatic rings. The SMILES string of the molecule is [C-]#[N+]c1ccccc1-c1cc(C(C)(C)C)cc(-c2ccccc2)c1N1c2cc(-n3c4ccccc4c4ccccc43)ccc2B2c3ccc(-n4c5ccccc5c5ccccc54)cc3N(c3c(-c4ccccc4)cc(C(C)(C)C)cc3-c3ccccc3C#N)c3cc(-c4ccccc4)cc1c32. The van der Waals surface area contributed by atoms with Crippen LogP contribution in [0.1, 0.15) is 58.2 Å². The van der Waals surface area contributed by atoms with Crippen molar-refractivity contribution in [1.82, 2.24) is 9.13 Å². The Morgan fingerprint density at radius 3 is 1.13 bits per heavy atom. The van der Waals surface area contributed by atoms with E-state index in [0.29, 0.717) is 11.3 Å². The summed E-state index contributed by atoms with van der Waals surface area (Å²) < 4.78 is 4.89. The van der Waals surface area contributed by atoms with Crippen LogP contribution in [0, 0.1) is 17.9 Å². The summed E-state index contributed by atoms with van der Waals surface area (Å²) in [7, 11) is 0. The van der Waals surface area contributed by atoms with Gasteiger partial charge in [-0.1, -0.05) is 260 Å². The van der Waals surface area contributed by atoms with Crippen molar-refractivity contribution in [3.05, 3.63) is 337 Å². The minimum Gasteiger partial charge on any atom is -0.310 e. The Bertz CT molecular complexity index is 5690. The fraction of sp³-hybridized carbons (Fsp3) is 0.0851. The molecule has 18 rings (SSSR count). The molecule has 0 bridgehead atoms. The van der Waals surface area contributed by atoms with Gasteiger partial charge < -0.3 is 18.9 Å². The number of aromatic nitrogens is 2. The van der Waals surface area contributed by atoms with Gasteiger partial charge in [0.25, 0.3) is 6.71 Å². The average Bonchev–Trinajstić information content (AvgIpc) is 0.721. The maximum atomic E-state index is 11.4. The lowest BCUT2D eigenvalue weighted by atomic mass is 9.33. The first-order chi connectivity index (χ1) is 49.3. The molecule has 0 unspecified atom stereocenters. The van der Waals surface area contributed by atoms with Gasteiger partial charge in [-0.3, -0.25) is 0 Å². The van der Waals surface area contributed by atoms with Gasteiger partial charge in [-0.05, 0) is 163 Å². The van der Waals surface area contributed by atoms with Crippen LogP contribution >= 0.6 is 0 Å². The van der Waals surface area contributed by atoms with E-state index in [2.05, 4.69) is 357 Å². The molecule has 0 fully saturated rings. The minimum atomic E-state index is -0.349. The van der Waals surface area contributed by atoms with E-state index in [0.717, 1.165) is 151 Å². The molecule has 0 amide bonds. The lowest BCUT2D eigenvalue weighted by molar-refractivity contribution is 0.590. The van der Waals surface area contributed by atoms with Gasteiger partial charge >= 0.3 is 0 Å². The highest BCUT2D eigenvalue weighted by Gasteiger charge is 2.46. The fourth-order valence-corrected chi connectivity index (χ4v) is 16.2. The molecule has 16 aromatic rings. The van der Waals surface area contributed by atoms with Crippen molar-refractivity contribution in [2.24, 2.45) is 0 Å². The lowest BCUT2D eigenvalue weighted by Gasteiger charge is -2.46. The minimum absolute atomic E-state index is 0.298. The topological polar surface area (TPSA) is 44.5 Å². The highest BCUT2D eigenvalue weighted by molar-refractivity contribution is 7.00. The highest BCUT2D eigenvalue weighted by Crippen LogP contribution is 2.56. The molecule has 2 aromatic heterocycles. The smallest absolute Gasteiger partial charge is 0.252 e. The van der Waals surface area contributed by atoms with Crippen LogP contribution in [-0.2, 0) is 10.8 Å². The first-order valence-electron chi connectivity index (χ1n) is 34.9. The normalized spacial score (nSPS) is 12.6. The Morgan fingerprint density at radius 1 is 0.337 bits per heavy atom. The summed E-state index contributed by atoms with van der Waals surface area (Å²) in [6, 6.07) is 116. The third kappa shape index (κ3) is 9.75. The van der Waals surface area contributed by atoms with Gasteiger partial charge in [-0.2, -0.15) is 5.26 Å². The Morgan fingerprint density at radius 2 is 0.703 bits per heavy atom. The van der Waals surface area contributed by atoms with Crippen molar-refractivity contribution in [3.63, 3.8) is 0 Å². The molecular weight excluding hydrogens is 1220 g/mol. The zero-order valence-electron chi connectivity index (χ0n) is 57.2. The quantitative estimate of drug-likeness (QED) is 0.107. The molecule has 0 atom stereocenters. The van der Waals surface area contributed by atoms with Crippen LogP contribution in [0.3, 0.4) is 0 Å². The van der Waals surface area contributed by atoms with Crippen LogP contribution in [0.4, 0.5) is 39.8 Å². The first kappa shape index (κ1) is 60.7. The number of benzene rings is 14. The number of hydrogen-bond acceptors (Lipinski definition) is 3. The van der Waals surface area contributed by atoms with Gasteiger partial charge in [0.1, 0.15) is 0 Å². The van der Waals surface area contributed by atoms with Gasteiger partial charge in [0.15, 0.2) is 5.69 Å². The van der Waals surface area contributed by atoms with Gasteiger partial charge in [-0.25, -0.2) is 4.85 Å². The number of rotatable bonds is 9. The Kier molecular flexibility index (Phi) is 14.1. The molecule has 2 aliphatic heterocycles. The second kappa shape index (κ2) is 23.5. The van der Waals surface area contributed by atoms with E-state index in [1.807, 2.05) is 24.3 Å². The summed E-state index contributed by atoms with van der Waals surface area (Å²) >= 11 is 0. The zero-order valence-corrected chi connectivity index (χ0v) is 57.2. The van der Waals surface area contributed by atoms with Crippen molar-refractivity contribution in [2.45, 2.75) is 52.4 Å². The summed E-state index contributed by atoms with van der Waals surface area (Å²) in [4.78, 5) is 9.55. The predicted molar refractivity (Wildman–Crippen MR) is 425 cm³/mol. The standard InChI is InChI=1S/C94H69BN6/c1-93(2,3)65-53-75(61-31-13-9-14-32-61)91(77(55-65)69-36-18-17-35-63(69)59-96)100-86-57-67(98-82-43-25-20-38-71(82)72-39-21-26-44-83(72)98)47-49-79(86)95-80-50-48-68(99-84-45-27-22-40-73(84)74-41-23-28-46-85(74)99)58-87(80)101(89-52-64(51-88(100)90(89)95)60-29-11-8-12-30-60)92-76(62-33-15-10-16-34-62)54-66(94(4,5)6)56-78(92)70-37-19-24-42-81(70)97-7/h8-58H,1-6H3. The lowest BCUT2D eigenvalue weighted by Crippen LogP contribution is -2.61.